The molecule has 0 rings (SSSR count). The van der Waals surface area contributed by atoms with E-state index in [0.29, 0.717) is 6.61 Å². The van der Waals surface area contributed by atoms with Crippen molar-refractivity contribution in [3.8, 4) is 0 Å². The van der Waals surface area contributed by atoms with E-state index >= 15 is 0 Å². The van der Waals surface area contributed by atoms with Crippen LogP contribution in [0.25, 0.3) is 0 Å². The monoisotopic (exact) mass is 150 g/mol. The molecule has 0 aliphatic rings. The first-order valence-corrected chi connectivity index (χ1v) is 2.62. The molecule has 0 saturated carbocycles. The van der Waals surface area contributed by atoms with Gasteiger partial charge in [0.2, 0.25) is 0 Å². The Balaban J connectivity index is 0. The van der Waals surface area contributed by atoms with Gasteiger partial charge in [0.05, 0.1) is 6.61 Å². The number of carboxylic acid groups (broad SMARTS) is 2. The Labute approximate surface area is 58.2 Å². The van der Waals surface area contributed by atoms with Crippen LogP contribution in [0.1, 0.15) is 13.3 Å². The van der Waals surface area contributed by atoms with Crippen molar-refractivity contribution in [3.05, 3.63) is 0 Å². The minimum absolute atomic E-state index is 0.250. The highest BCUT2D eigenvalue weighted by Crippen LogP contribution is 1.78. The van der Waals surface area contributed by atoms with Crippen molar-refractivity contribution in [2.24, 2.45) is 0 Å². The molecular formula is C5H10O5. The molecule has 2 N–H and O–H groups in total. The number of carbonyl (C=O) groups is 2. The smallest absolute Gasteiger partial charge is 0.483 e. The Kier molecular flexibility index (Phi) is 12.3. The van der Waals surface area contributed by atoms with Crippen molar-refractivity contribution in [2.45, 2.75) is 13.3 Å². The molecule has 0 radical (unpaired) electrons. The van der Waals surface area contributed by atoms with Gasteiger partial charge in [0.25, 0.3) is 6.47 Å². The SMILES string of the molecule is CCCOC(=O)O.O=CO. The van der Waals surface area contributed by atoms with Crippen LogP contribution in [0, 0.1) is 0 Å². The summed E-state index contributed by atoms with van der Waals surface area (Å²) >= 11 is 0. The number of hydrogen-bond acceptors (Lipinski definition) is 3. The predicted molar refractivity (Wildman–Crippen MR) is 33.0 cm³/mol. The summed E-state index contributed by atoms with van der Waals surface area (Å²) in [5.74, 6) is 0. The van der Waals surface area contributed by atoms with E-state index in [1.807, 2.05) is 6.92 Å². The van der Waals surface area contributed by atoms with Crippen LogP contribution >= 0.6 is 0 Å². The molecule has 0 aromatic rings. The minimum atomic E-state index is -1.19. The molecule has 0 fully saturated rings. The Morgan fingerprint density at radius 1 is 1.70 bits per heavy atom. The second-order valence-electron chi connectivity index (χ2n) is 1.22. The normalized spacial score (nSPS) is 6.90. The zero-order valence-electron chi connectivity index (χ0n) is 5.61. The molecule has 0 heterocycles. The van der Waals surface area contributed by atoms with E-state index in [0.717, 1.165) is 6.42 Å². The Bertz CT molecular complexity index is 90.0. The van der Waals surface area contributed by atoms with Crippen molar-refractivity contribution in [3.63, 3.8) is 0 Å². The summed E-state index contributed by atoms with van der Waals surface area (Å²) in [5, 5.41) is 14.7. The van der Waals surface area contributed by atoms with Crippen molar-refractivity contribution in [2.75, 3.05) is 6.61 Å². The van der Waals surface area contributed by atoms with Gasteiger partial charge in [0, 0.05) is 0 Å². The standard InChI is InChI=1S/C4H8O3.CH2O2/c1-2-3-7-4(5)6;2-1-3/h2-3H2,1H3,(H,5,6);1H,(H,2,3). The van der Waals surface area contributed by atoms with E-state index in [-0.39, 0.29) is 6.47 Å². The van der Waals surface area contributed by atoms with Crippen LogP contribution in [0.4, 0.5) is 4.79 Å². The van der Waals surface area contributed by atoms with Crippen molar-refractivity contribution < 1.29 is 24.5 Å². The average Bonchev–Trinajstić information content (AvgIpc) is 1.85. The van der Waals surface area contributed by atoms with E-state index in [1.165, 1.54) is 0 Å². The molecule has 10 heavy (non-hydrogen) atoms. The quantitative estimate of drug-likeness (QED) is 0.449. The first kappa shape index (κ1) is 11.5. The molecular weight excluding hydrogens is 140 g/mol. The summed E-state index contributed by atoms with van der Waals surface area (Å²) in [6.45, 7) is 1.90. The highest BCUT2D eigenvalue weighted by atomic mass is 16.7. The largest absolute Gasteiger partial charge is 0.505 e. The van der Waals surface area contributed by atoms with E-state index in [1.54, 1.807) is 0 Å². The molecule has 60 valence electrons. The van der Waals surface area contributed by atoms with Crippen LogP contribution in [-0.2, 0) is 9.53 Å². The van der Waals surface area contributed by atoms with Gasteiger partial charge in [0.1, 0.15) is 0 Å². The molecule has 0 aromatic carbocycles. The number of hydrogen-bond donors (Lipinski definition) is 2. The molecule has 0 unspecified atom stereocenters. The lowest BCUT2D eigenvalue weighted by molar-refractivity contribution is -0.122. The molecule has 0 bridgehead atoms. The van der Waals surface area contributed by atoms with Gasteiger partial charge in [-0.1, -0.05) is 6.92 Å². The fourth-order valence-corrected chi connectivity index (χ4v) is 0.189. The molecule has 5 heteroatoms. The fraction of sp³-hybridized carbons (Fsp3) is 0.600. The second kappa shape index (κ2) is 10.7. The predicted octanol–water partition coefficient (Wildman–Crippen LogP) is 0.792. The number of ether oxygens (including phenoxy) is 1. The molecule has 0 atom stereocenters. The summed E-state index contributed by atoms with van der Waals surface area (Å²) in [4.78, 5) is 17.9. The van der Waals surface area contributed by atoms with Gasteiger partial charge in [-0.3, -0.25) is 4.79 Å². The fourth-order valence-electron chi connectivity index (χ4n) is 0.189. The summed E-state index contributed by atoms with van der Waals surface area (Å²) < 4.78 is 4.11. The Morgan fingerprint density at radius 3 is 2.20 bits per heavy atom. The lowest BCUT2D eigenvalue weighted by atomic mass is 10.5. The highest BCUT2D eigenvalue weighted by Gasteiger charge is 1.89. The van der Waals surface area contributed by atoms with Crippen LogP contribution in [0.5, 0.6) is 0 Å². The summed E-state index contributed by atoms with van der Waals surface area (Å²) in [6, 6.07) is 0. The molecule has 0 saturated heterocycles. The van der Waals surface area contributed by atoms with Gasteiger partial charge in [0.15, 0.2) is 0 Å². The first-order chi connectivity index (χ1) is 4.68. The zero-order chi connectivity index (χ0) is 8.41. The van der Waals surface area contributed by atoms with Crippen LogP contribution in [0.15, 0.2) is 0 Å². The third-order valence-corrected chi connectivity index (χ3v) is 0.430. The maximum atomic E-state index is 9.54. The average molecular weight is 150 g/mol. The van der Waals surface area contributed by atoms with Gasteiger partial charge >= 0.3 is 6.16 Å². The molecule has 0 aromatic heterocycles. The van der Waals surface area contributed by atoms with Gasteiger partial charge < -0.3 is 14.9 Å². The van der Waals surface area contributed by atoms with Crippen molar-refractivity contribution in [1.82, 2.24) is 0 Å². The van der Waals surface area contributed by atoms with Crippen LogP contribution in [-0.4, -0.2) is 29.4 Å². The van der Waals surface area contributed by atoms with E-state index < -0.39 is 6.16 Å². The lowest BCUT2D eigenvalue weighted by Crippen LogP contribution is -1.99. The third kappa shape index (κ3) is 29.6. The van der Waals surface area contributed by atoms with Crippen molar-refractivity contribution >= 4 is 12.6 Å². The van der Waals surface area contributed by atoms with Crippen LogP contribution < -0.4 is 0 Å². The van der Waals surface area contributed by atoms with Crippen molar-refractivity contribution in [1.29, 1.82) is 0 Å². The second-order valence-corrected chi connectivity index (χ2v) is 1.22. The van der Waals surface area contributed by atoms with Gasteiger partial charge in [-0.05, 0) is 6.42 Å². The molecule has 0 aliphatic heterocycles. The maximum absolute atomic E-state index is 9.54. The van der Waals surface area contributed by atoms with E-state index in [4.69, 9.17) is 15.0 Å². The third-order valence-electron chi connectivity index (χ3n) is 0.430. The topological polar surface area (TPSA) is 83.8 Å². The van der Waals surface area contributed by atoms with Crippen LogP contribution in [0.3, 0.4) is 0 Å². The van der Waals surface area contributed by atoms with E-state index in [2.05, 4.69) is 4.74 Å². The molecule has 5 nitrogen and oxygen atoms in total. The Hall–Kier alpha value is -1.26. The summed E-state index contributed by atoms with van der Waals surface area (Å²) in [6.07, 6.45) is -0.450. The molecule has 0 spiro atoms. The summed E-state index contributed by atoms with van der Waals surface area (Å²) in [5.41, 5.74) is 0. The first-order valence-electron chi connectivity index (χ1n) is 2.62. The summed E-state index contributed by atoms with van der Waals surface area (Å²) in [7, 11) is 0. The van der Waals surface area contributed by atoms with Gasteiger partial charge in [-0.15, -0.1) is 0 Å². The van der Waals surface area contributed by atoms with Crippen LogP contribution in [0.2, 0.25) is 0 Å². The Morgan fingerprint density at radius 2 is 2.10 bits per heavy atom. The van der Waals surface area contributed by atoms with E-state index in [9.17, 15) is 4.79 Å². The maximum Gasteiger partial charge on any atom is 0.505 e. The van der Waals surface area contributed by atoms with Gasteiger partial charge in [-0.25, -0.2) is 4.79 Å². The minimum Gasteiger partial charge on any atom is -0.483 e. The number of rotatable bonds is 2. The zero-order valence-corrected chi connectivity index (χ0v) is 5.61. The van der Waals surface area contributed by atoms with Gasteiger partial charge in [-0.2, -0.15) is 0 Å². The molecule has 0 aliphatic carbocycles. The molecule has 0 amide bonds. The highest BCUT2D eigenvalue weighted by molar-refractivity contribution is 5.56. The lowest BCUT2D eigenvalue weighted by Gasteiger charge is -1.91.